The normalized spacial score (nSPS) is 10.2. The van der Waals surface area contributed by atoms with Gasteiger partial charge in [0, 0.05) is 18.2 Å². The zero-order valence-corrected chi connectivity index (χ0v) is 12.0. The topological polar surface area (TPSA) is 77.3 Å². The standard InChI is InChI=1S/C15H17N3O3/c1-3-16-15-10-12(18(19)20)9-14(17-15)11-6-5-7-13(8-11)21-4-2/h5-10H,3-4H2,1-2H3,(H,16,17). The molecule has 0 atom stereocenters. The summed E-state index contributed by atoms with van der Waals surface area (Å²) in [5.74, 6) is 1.21. The molecule has 0 radical (unpaired) electrons. The van der Waals surface area contributed by atoms with Crippen LogP contribution in [0.4, 0.5) is 11.5 Å². The first-order chi connectivity index (χ1) is 10.1. The molecular formula is C15H17N3O3. The van der Waals surface area contributed by atoms with Gasteiger partial charge in [0.25, 0.3) is 5.69 Å². The fourth-order valence-electron chi connectivity index (χ4n) is 1.95. The maximum absolute atomic E-state index is 11.0. The molecule has 0 unspecified atom stereocenters. The summed E-state index contributed by atoms with van der Waals surface area (Å²) in [4.78, 5) is 15.0. The first kappa shape index (κ1) is 14.8. The number of rotatable bonds is 6. The molecule has 1 heterocycles. The van der Waals surface area contributed by atoms with Crippen LogP contribution in [-0.4, -0.2) is 23.1 Å². The number of aromatic nitrogens is 1. The van der Waals surface area contributed by atoms with Crippen LogP contribution in [0.1, 0.15) is 13.8 Å². The third kappa shape index (κ3) is 3.68. The van der Waals surface area contributed by atoms with Crippen LogP contribution in [0.15, 0.2) is 36.4 Å². The second-order valence-electron chi connectivity index (χ2n) is 4.34. The Morgan fingerprint density at radius 2 is 2.10 bits per heavy atom. The van der Waals surface area contributed by atoms with Crippen LogP contribution in [-0.2, 0) is 0 Å². The number of ether oxygens (including phenoxy) is 1. The monoisotopic (exact) mass is 287 g/mol. The summed E-state index contributed by atoms with van der Waals surface area (Å²) in [7, 11) is 0. The van der Waals surface area contributed by atoms with Gasteiger partial charge in [-0.2, -0.15) is 0 Å². The van der Waals surface area contributed by atoms with Gasteiger partial charge in [-0.3, -0.25) is 10.1 Å². The van der Waals surface area contributed by atoms with Gasteiger partial charge in [-0.15, -0.1) is 0 Å². The van der Waals surface area contributed by atoms with Gasteiger partial charge in [-0.1, -0.05) is 12.1 Å². The molecule has 21 heavy (non-hydrogen) atoms. The fourth-order valence-corrected chi connectivity index (χ4v) is 1.95. The van der Waals surface area contributed by atoms with Crippen molar-refractivity contribution in [1.82, 2.24) is 4.98 Å². The molecule has 0 spiro atoms. The van der Waals surface area contributed by atoms with Crippen LogP contribution in [0, 0.1) is 10.1 Å². The Morgan fingerprint density at radius 1 is 1.29 bits per heavy atom. The van der Waals surface area contributed by atoms with Gasteiger partial charge in [-0.05, 0) is 26.0 Å². The van der Waals surface area contributed by atoms with E-state index in [4.69, 9.17) is 4.74 Å². The van der Waals surface area contributed by atoms with Crippen LogP contribution < -0.4 is 10.1 Å². The quantitative estimate of drug-likeness (QED) is 0.650. The lowest BCUT2D eigenvalue weighted by atomic mass is 10.1. The SMILES string of the molecule is CCNc1cc([N+](=O)[O-])cc(-c2cccc(OCC)c2)n1. The fraction of sp³-hybridized carbons (Fsp3) is 0.267. The van der Waals surface area contributed by atoms with Gasteiger partial charge in [0.1, 0.15) is 11.6 Å². The first-order valence-electron chi connectivity index (χ1n) is 6.77. The van der Waals surface area contributed by atoms with Crippen molar-refractivity contribution in [2.75, 3.05) is 18.5 Å². The number of hydrogen-bond donors (Lipinski definition) is 1. The summed E-state index contributed by atoms with van der Waals surface area (Å²) in [6, 6.07) is 10.3. The molecule has 2 rings (SSSR count). The third-order valence-electron chi connectivity index (χ3n) is 2.82. The molecule has 0 saturated heterocycles. The summed E-state index contributed by atoms with van der Waals surface area (Å²) >= 11 is 0. The lowest BCUT2D eigenvalue weighted by Crippen LogP contribution is -2.01. The van der Waals surface area contributed by atoms with E-state index in [1.807, 2.05) is 38.1 Å². The number of anilines is 1. The van der Waals surface area contributed by atoms with Crippen molar-refractivity contribution in [3.63, 3.8) is 0 Å². The predicted molar refractivity (Wildman–Crippen MR) is 81.7 cm³/mol. The highest BCUT2D eigenvalue weighted by atomic mass is 16.6. The maximum Gasteiger partial charge on any atom is 0.275 e. The Morgan fingerprint density at radius 3 is 2.76 bits per heavy atom. The molecule has 1 aromatic heterocycles. The molecule has 6 heteroatoms. The van der Waals surface area contributed by atoms with Crippen molar-refractivity contribution in [2.24, 2.45) is 0 Å². The number of nitro groups is 1. The molecular weight excluding hydrogens is 270 g/mol. The van der Waals surface area contributed by atoms with Crippen molar-refractivity contribution < 1.29 is 9.66 Å². The van der Waals surface area contributed by atoms with Crippen LogP contribution in [0.5, 0.6) is 5.75 Å². The summed E-state index contributed by atoms with van der Waals surface area (Å²) < 4.78 is 5.45. The number of nitrogens with zero attached hydrogens (tertiary/aromatic N) is 2. The lowest BCUT2D eigenvalue weighted by Gasteiger charge is -2.08. The minimum Gasteiger partial charge on any atom is -0.494 e. The Balaban J connectivity index is 2.46. The maximum atomic E-state index is 11.0. The molecule has 0 aliphatic heterocycles. The van der Waals surface area contributed by atoms with Crippen molar-refractivity contribution in [3.05, 3.63) is 46.5 Å². The second-order valence-corrected chi connectivity index (χ2v) is 4.34. The van der Waals surface area contributed by atoms with E-state index in [1.54, 1.807) is 0 Å². The first-order valence-corrected chi connectivity index (χ1v) is 6.77. The summed E-state index contributed by atoms with van der Waals surface area (Å²) in [5.41, 5.74) is 1.34. The Kier molecular flexibility index (Phi) is 4.71. The highest BCUT2D eigenvalue weighted by molar-refractivity contribution is 5.66. The van der Waals surface area contributed by atoms with E-state index in [2.05, 4.69) is 10.3 Å². The predicted octanol–water partition coefficient (Wildman–Crippen LogP) is 3.49. The summed E-state index contributed by atoms with van der Waals surface area (Å²) in [6.45, 7) is 5.03. The molecule has 1 N–H and O–H groups in total. The zero-order chi connectivity index (χ0) is 15.2. The molecule has 110 valence electrons. The van der Waals surface area contributed by atoms with Crippen molar-refractivity contribution in [2.45, 2.75) is 13.8 Å². The van der Waals surface area contributed by atoms with Crippen LogP contribution in [0.25, 0.3) is 11.3 Å². The molecule has 0 bridgehead atoms. The lowest BCUT2D eigenvalue weighted by molar-refractivity contribution is -0.384. The van der Waals surface area contributed by atoms with E-state index in [0.717, 1.165) is 5.56 Å². The van der Waals surface area contributed by atoms with Gasteiger partial charge in [0.05, 0.1) is 23.3 Å². The van der Waals surface area contributed by atoms with Crippen LogP contribution in [0.3, 0.4) is 0 Å². The minimum absolute atomic E-state index is 0.0118. The largest absolute Gasteiger partial charge is 0.494 e. The molecule has 6 nitrogen and oxygen atoms in total. The molecule has 0 amide bonds. The molecule has 0 saturated carbocycles. The van der Waals surface area contributed by atoms with Gasteiger partial charge in [0.15, 0.2) is 0 Å². The van der Waals surface area contributed by atoms with Gasteiger partial charge >= 0.3 is 0 Å². The average Bonchev–Trinajstić information content (AvgIpc) is 2.48. The minimum atomic E-state index is -0.418. The van der Waals surface area contributed by atoms with E-state index in [9.17, 15) is 10.1 Å². The van der Waals surface area contributed by atoms with Gasteiger partial charge in [0.2, 0.25) is 0 Å². The van der Waals surface area contributed by atoms with E-state index in [-0.39, 0.29) is 5.69 Å². The Hall–Kier alpha value is -2.63. The highest BCUT2D eigenvalue weighted by Gasteiger charge is 2.12. The number of benzene rings is 1. The second kappa shape index (κ2) is 6.69. The van der Waals surface area contributed by atoms with Crippen molar-refractivity contribution >= 4 is 11.5 Å². The van der Waals surface area contributed by atoms with Gasteiger partial charge < -0.3 is 10.1 Å². The Labute approximate surface area is 122 Å². The number of nitrogens with one attached hydrogen (secondary N) is 1. The molecule has 0 aliphatic carbocycles. The van der Waals surface area contributed by atoms with E-state index in [0.29, 0.717) is 30.4 Å². The molecule has 2 aromatic rings. The summed E-state index contributed by atoms with van der Waals surface area (Å²) in [5, 5.41) is 14.0. The highest BCUT2D eigenvalue weighted by Crippen LogP contribution is 2.27. The molecule has 0 fully saturated rings. The summed E-state index contributed by atoms with van der Waals surface area (Å²) in [6.07, 6.45) is 0. The molecule has 0 aliphatic rings. The number of hydrogen-bond acceptors (Lipinski definition) is 5. The third-order valence-corrected chi connectivity index (χ3v) is 2.82. The number of pyridine rings is 1. The van der Waals surface area contributed by atoms with E-state index < -0.39 is 4.92 Å². The van der Waals surface area contributed by atoms with E-state index >= 15 is 0 Å². The molecule has 1 aromatic carbocycles. The van der Waals surface area contributed by atoms with Crippen LogP contribution >= 0.6 is 0 Å². The van der Waals surface area contributed by atoms with Gasteiger partial charge in [-0.25, -0.2) is 4.98 Å². The van der Waals surface area contributed by atoms with Crippen LogP contribution in [0.2, 0.25) is 0 Å². The van der Waals surface area contributed by atoms with E-state index in [1.165, 1.54) is 12.1 Å². The smallest absolute Gasteiger partial charge is 0.275 e. The Bertz CT molecular complexity index is 644. The average molecular weight is 287 g/mol. The zero-order valence-electron chi connectivity index (χ0n) is 12.0. The van der Waals surface area contributed by atoms with Crippen molar-refractivity contribution in [1.29, 1.82) is 0 Å². The van der Waals surface area contributed by atoms with Crippen molar-refractivity contribution in [3.8, 4) is 17.0 Å².